The number of hydrogen-bond acceptors (Lipinski definition) is 6. The van der Waals surface area contributed by atoms with Crippen molar-refractivity contribution in [3.05, 3.63) is 12.1 Å². The normalized spacial score (nSPS) is 10.3. The van der Waals surface area contributed by atoms with Crippen LogP contribution in [0, 0.1) is 0 Å². The Kier molecular flexibility index (Phi) is 7.28. The van der Waals surface area contributed by atoms with Crippen LogP contribution < -0.4 is 20.5 Å². The molecule has 4 N–H and O–H groups in total. The van der Waals surface area contributed by atoms with Crippen LogP contribution >= 0.6 is 11.8 Å². The van der Waals surface area contributed by atoms with Crippen LogP contribution in [0.25, 0.3) is 0 Å². The molecule has 0 radical (unpaired) electrons. The molecule has 1 aromatic rings. The fraction of sp³-hybridized carbons (Fsp3) is 0.538. The first-order valence-corrected chi connectivity index (χ1v) is 7.32. The van der Waals surface area contributed by atoms with Gasteiger partial charge in [0.25, 0.3) is 0 Å². The maximum absolute atomic E-state index is 8.67. The lowest BCUT2D eigenvalue weighted by atomic mass is 10.2. The molecule has 1 rings (SSSR count). The third-order valence-electron chi connectivity index (χ3n) is 2.56. The Morgan fingerprint density at radius 1 is 1.21 bits per heavy atom. The van der Waals surface area contributed by atoms with E-state index in [1.165, 1.54) is 0 Å². The van der Waals surface area contributed by atoms with Gasteiger partial charge in [-0.1, -0.05) is 0 Å². The zero-order chi connectivity index (χ0) is 14.1. The van der Waals surface area contributed by atoms with Gasteiger partial charge in [-0.05, 0) is 12.2 Å². The highest BCUT2D eigenvalue weighted by molar-refractivity contribution is 7.99. The highest BCUT2D eigenvalue weighted by atomic mass is 32.2. The third kappa shape index (κ3) is 5.08. The van der Waals surface area contributed by atoms with Gasteiger partial charge in [0.15, 0.2) is 11.5 Å². The minimum atomic E-state index is 0.253. The number of thioether (sulfide) groups is 1. The zero-order valence-corrected chi connectivity index (χ0v) is 12.3. The van der Waals surface area contributed by atoms with Crippen LogP contribution in [0.15, 0.2) is 12.1 Å². The molecule has 0 aliphatic carbocycles. The molecule has 0 saturated carbocycles. The predicted molar refractivity (Wildman–Crippen MR) is 81.5 cm³/mol. The summed E-state index contributed by atoms with van der Waals surface area (Å²) < 4.78 is 10.4. The first kappa shape index (κ1) is 15.8. The van der Waals surface area contributed by atoms with Gasteiger partial charge in [0, 0.05) is 31.0 Å². The van der Waals surface area contributed by atoms with Gasteiger partial charge in [-0.15, -0.1) is 0 Å². The molecule has 108 valence electrons. The summed E-state index contributed by atoms with van der Waals surface area (Å²) in [6.07, 6.45) is 0.836. The van der Waals surface area contributed by atoms with Crippen molar-refractivity contribution in [1.29, 1.82) is 0 Å². The topological polar surface area (TPSA) is 76.7 Å². The van der Waals surface area contributed by atoms with Crippen LogP contribution in [0.3, 0.4) is 0 Å². The van der Waals surface area contributed by atoms with Gasteiger partial charge in [0.1, 0.15) is 0 Å². The van der Waals surface area contributed by atoms with E-state index in [9.17, 15) is 0 Å². The van der Waals surface area contributed by atoms with E-state index in [0.717, 1.165) is 30.2 Å². The number of aliphatic hydroxyl groups is 1. The summed E-state index contributed by atoms with van der Waals surface area (Å²) in [7, 11) is 3.19. The molecule has 0 heterocycles. The second-order valence-corrected chi connectivity index (χ2v) is 5.14. The lowest BCUT2D eigenvalue weighted by molar-refractivity contribution is 0.296. The average Bonchev–Trinajstić information content (AvgIpc) is 2.43. The van der Waals surface area contributed by atoms with Crippen molar-refractivity contribution in [1.82, 2.24) is 0 Å². The van der Waals surface area contributed by atoms with Crippen molar-refractivity contribution < 1.29 is 14.6 Å². The van der Waals surface area contributed by atoms with Crippen molar-refractivity contribution in [3.8, 4) is 11.5 Å². The van der Waals surface area contributed by atoms with Crippen LogP contribution in [0.4, 0.5) is 11.4 Å². The first-order valence-electron chi connectivity index (χ1n) is 6.17. The number of rotatable bonds is 9. The molecule has 0 atom stereocenters. The van der Waals surface area contributed by atoms with Crippen LogP contribution in [0.5, 0.6) is 11.5 Å². The number of methoxy groups -OCH3 is 2. The highest BCUT2D eigenvalue weighted by Gasteiger charge is 2.08. The minimum absolute atomic E-state index is 0.253. The Hall–Kier alpha value is -1.27. The number of nitrogens with two attached hydrogens (primary N) is 1. The number of aliphatic hydroxyl groups excluding tert-OH is 1. The Balaban J connectivity index is 2.49. The van der Waals surface area contributed by atoms with Gasteiger partial charge in [-0.25, -0.2) is 0 Å². The Morgan fingerprint density at radius 3 is 2.53 bits per heavy atom. The highest BCUT2D eigenvalue weighted by Crippen LogP contribution is 2.34. The fourth-order valence-corrected chi connectivity index (χ4v) is 2.36. The van der Waals surface area contributed by atoms with E-state index in [-0.39, 0.29) is 6.61 Å². The summed E-state index contributed by atoms with van der Waals surface area (Å²) in [6, 6.07) is 3.59. The second-order valence-electron chi connectivity index (χ2n) is 3.91. The minimum Gasteiger partial charge on any atom is -0.493 e. The molecule has 0 spiro atoms. The molecule has 0 fully saturated rings. The molecule has 0 aromatic heterocycles. The number of hydrogen-bond donors (Lipinski definition) is 3. The van der Waals surface area contributed by atoms with Gasteiger partial charge in [0.05, 0.1) is 25.6 Å². The first-order chi connectivity index (χ1) is 9.22. The van der Waals surface area contributed by atoms with Crippen LogP contribution in [-0.4, -0.2) is 44.0 Å². The van der Waals surface area contributed by atoms with E-state index in [0.29, 0.717) is 17.2 Å². The predicted octanol–water partition coefficient (Wildman–Crippen LogP) is 1.81. The SMILES string of the molecule is COc1cc(N)c(NCCSCCCO)cc1OC. The number of ether oxygens (including phenoxy) is 2. The fourth-order valence-electron chi connectivity index (χ4n) is 1.57. The van der Waals surface area contributed by atoms with Crippen molar-refractivity contribution in [2.24, 2.45) is 0 Å². The number of benzene rings is 1. The van der Waals surface area contributed by atoms with E-state index >= 15 is 0 Å². The van der Waals surface area contributed by atoms with E-state index in [1.54, 1.807) is 32.0 Å². The summed E-state index contributed by atoms with van der Waals surface area (Å²) in [5, 5.41) is 11.9. The molecule has 19 heavy (non-hydrogen) atoms. The van der Waals surface area contributed by atoms with Crippen molar-refractivity contribution in [2.75, 3.05) is 49.9 Å². The van der Waals surface area contributed by atoms with E-state index in [1.807, 2.05) is 6.07 Å². The Labute approximate surface area is 118 Å². The zero-order valence-electron chi connectivity index (χ0n) is 11.4. The third-order valence-corrected chi connectivity index (χ3v) is 3.63. The monoisotopic (exact) mass is 286 g/mol. The summed E-state index contributed by atoms with van der Waals surface area (Å²) in [6.45, 7) is 1.07. The summed E-state index contributed by atoms with van der Waals surface area (Å²) >= 11 is 1.80. The number of nitrogens with one attached hydrogen (secondary N) is 1. The average molecular weight is 286 g/mol. The summed E-state index contributed by atoms with van der Waals surface area (Å²) in [4.78, 5) is 0. The van der Waals surface area contributed by atoms with Gasteiger partial charge in [0.2, 0.25) is 0 Å². The second kappa shape index (κ2) is 8.77. The molecule has 5 nitrogen and oxygen atoms in total. The lowest BCUT2D eigenvalue weighted by Crippen LogP contribution is -2.07. The molecule has 0 aliphatic rings. The van der Waals surface area contributed by atoms with Crippen molar-refractivity contribution >= 4 is 23.1 Å². The van der Waals surface area contributed by atoms with E-state index < -0.39 is 0 Å². The van der Waals surface area contributed by atoms with Gasteiger partial charge in [-0.2, -0.15) is 11.8 Å². The molecule has 0 aliphatic heterocycles. The molecular formula is C13H22N2O3S. The molecule has 0 bridgehead atoms. The Morgan fingerprint density at radius 2 is 1.89 bits per heavy atom. The molecule has 0 amide bonds. The van der Waals surface area contributed by atoms with E-state index in [2.05, 4.69) is 5.32 Å². The largest absolute Gasteiger partial charge is 0.493 e. The van der Waals surface area contributed by atoms with Crippen LogP contribution in [0.1, 0.15) is 6.42 Å². The van der Waals surface area contributed by atoms with Crippen LogP contribution in [0.2, 0.25) is 0 Å². The summed E-state index contributed by atoms with van der Waals surface area (Å²) in [5.74, 6) is 3.22. The van der Waals surface area contributed by atoms with E-state index in [4.69, 9.17) is 20.3 Å². The quantitative estimate of drug-likeness (QED) is 0.475. The number of anilines is 2. The standard InChI is InChI=1S/C13H22N2O3S/c1-17-12-8-10(14)11(9-13(12)18-2)15-4-7-19-6-3-5-16/h8-9,15-16H,3-7,14H2,1-2H3. The van der Waals surface area contributed by atoms with Gasteiger partial charge < -0.3 is 25.6 Å². The maximum atomic E-state index is 8.67. The summed E-state index contributed by atoms with van der Waals surface area (Å²) in [5.41, 5.74) is 7.43. The molecule has 6 heteroatoms. The van der Waals surface area contributed by atoms with Crippen molar-refractivity contribution in [2.45, 2.75) is 6.42 Å². The molecular weight excluding hydrogens is 264 g/mol. The number of nitrogen functional groups attached to an aromatic ring is 1. The molecule has 0 unspecified atom stereocenters. The van der Waals surface area contributed by atoms with Gasteiger partial charge >= 0.3 is 0 Å². The smallest absolute Gasteiger partial charge is 0.162 e. The maximum Gasteiger partial charge on any atom is 0.162 e. The Bertz CT molecular complexity index is 388. The lowest BCUT2D eigenvalue weighted by Gasteiger charge is -2.14. The van der Waals surface area contributed by atoms with Crippen LogP contribution in [-0.2, 0) is 0 Å². The van der Waals surface area contributed by atoms with Crippen molar-refractivity contribution in [3.63, 3.8) is 0 Å². The molecule has 0 saturated heterocycles. The van der Waals surface area contributed by atoms with Gasteiger partial charge in [-0.3, -0.25) is 0 Å². The molecule has 1 aromatic carbocycles.